The highest BCUT2D eigenvalue weighted by molar-refractivity contribution is 6.15. The Morgan fingerprint density at radius 1 is 1.25 bits per heavy atom. The van der Waals surface area contributed by atoms with E-state index in [0.29, 0.717) is 35.2 Å². The fraction of sp³-hybridized carbons (Fsp3) is 0.333. The number of aromatic nitrogens is 1. The lowest BCUT2D eigenvalue weighted by atomic mass is 9.86. The lowest BCUT2D eigenvalue weighted by Crippen LogP contribution is -2.45. The molecule has 124 valence electrons. The fourth-order valence-electron chi connectivity index (χ4n) is 3.13. The van der Waals surface area contributed by atoms with E-state index >= 15 is 0 Å². The number of para-hydroxylation sites is 1. The third-order valence-corrected chi connectivity index (χ3v) is 4.56. The number of pyridine rings is 1. The lowest BCUT2D eigenvalue weighted by molar-refractivity contribution is -0.00478. The summed E-state index contributed by atoms with van der Waals surface area (Å²) in [5.74, 6) is -0.266. The third kappa shape index (κ3) is 2.28. The number of ether oxygens (including phenoxy) is 1. The number of halogens is 3. The fourth-order valence-corrected chi connectivity index (χ4v) is 3.13. The molecule has 24 heavy (non-hydrogen) atoms. The van der Waals surface area contributed by atoms with Gasteiger partial charge in [0.05, 0.1) is 5.71 Å². The van der Waals surface area contributed by atoms with Crippen molar-refractivity contribution in [2.45, 2.75) is 38.3 Å². The average molecular weight is 332 g/mol. The van der Waals surface area contributed by atoms with Crippen LogP contribution in [0.1, 0.15) is 48.1 Å². The van der Waals surface area contributed by atoms with Crippen LogP contribution >= 0.6 is 0 Å². The highest BCUT2D eigenvalue weighted by atomic mass is 19.3. The van der Waals surface area contributed by atoms with Crippen molar-refractivity contribution in [3.05, 3.63) is 58.7 Å². The smallest absolute Gasteiger partial charge is 0.280 e. The van der Waals surface area contributed by atoms with Crippen molar-refractivity contribution < 1.29 is 17.9 Å². The number of aliphatic imine (C=N–C) groups is 1. The zero-order chi connectivity index (χ0) is 16.9. The summed E-state index contributed by atoms with van der Waals surface area (Å²) in [6.07, 6.45) is 1.14. The molecule has 0 bridgehead atoms. The van der Waals surface area contributed by atoms with Gasteiger partial charge in [-0.05, 0) is 37.1 Å². The maximum atomic E-state index is 14.2. The second-order valence-corrected chi connectivity index (χ2v) is 6.21. The molecule has 1 spiro atoms. The van der Waals surface area contributed by atoms with Crippen molar-refractivity contribution >= 4 is 5.71 Å². The van der Waals surface area contributed by atoms with E-state index in [1.165, 1.54) is 12.3 Å². The molecule has 1 saturated carbocycles. The summed E-state index contributed by atoms with van der Waals surface area (Å²) >= 11 is 0. The molecule has 1 aromatic heterocycles. The van der Waals surface area contributed by atoms with Gasteiger partial charge in [-0.25, -0.2) is 18.2 Å². The van der Waals surface area contributed by atoms with Crippen molar-refractivity contribution in [1.82, 2.24) is 4.98 Å². The molecule has 1 aliphatic carbocycles. The molecule has 1 fully saturated rings. The molecule has 2 heterocycles. The summed E-state index contributed by atoms with van der Waals surface area (Å²) in [4.78, 5) is 8.56. The molecule has 1 aliphatic heterocycles. The second kappa shape index (κ2) is 5.33. The van der Waals surface area contributed by atoms with Crippen molar-refractivity contribution in [2.24, 2.45) is 4.99 Å². The van der Waals surface area contributed by atoms with Crippen LogP contribution in [0.2, 0.25) is 0 Å². The van der Waals surface area contributed by atoms with E-state index in [-0.39, 0.29) is 11.4 Å². The van der Waals surface area contributed by atoms with Crippen molar-refractivity contribution in [3.8, 4) is 5.75 Å². The molecule has 0 saturated heterocycles. The van der Waals surface area contributed by atoms with Crippen molar-refractivity contribution in [1.29, 1.82) is 0 Å². The van der Waals surface area contributed by atoms with Crippen LogP contribution in [0.25, 0.3) is 0 Å². The van der Waals surface area contributed by atoms with E-state index in [0.717, 1.165) is 6.42 Å². The molecule has 2 aromatic rings. The molecule has 0 amide bonds. The van der Waals surface area contributed by atoms with Gasteiger partial charge in [-0.15, -0.1) is 0 Å². The standard InChI is InChI=1S/C18H15F3N2O/c1-10-8-11(9-22-14(10)17(20)21)15-12-4-2-5-13(19)16(12)24-18(23-15)6-3-7-18/h2,4-5,8-9,17H,3,6-7H2,1H3. The van der Waals surface area contributed by atoms with Crippen molar-refractivity contribution in [3.63, 3.8) is 0 Å². The zero-order valence-corrected chi connectivity index (χ0v) is 13.0. The number of aryl methyl sites for hydroxylation is 1. The largest absolute Gasteiger partial charge is 0.462 e. The Labute approximate surface area is 137 Å². The third-order valence-electron chi connectivity index (χ3n) is 4.56. The summed E-state index contributed by atoms with van der Waals surface area (Å²) in [6, 6.07) is 6.27. The average Bonchev–Trinajstić information content (AvgIpc) is 2.52. The molecule has 2 aliphatic rings. The number of fused-ring (bicyclic) bond motifs is 1. The molecular formula is C18H15F3N2O. The van der Waals surface area contributed by atoms with Gasteiger partial charge in [-0.2, -0.15) is 0 Å². The van der Waals surface area contributed by atoms with E-state index in [1.54, 1.807) is 25.1 Å². The maximum absolute atomic E-state index is 14.2. The van der Waals surface area contributed by atoms with Crippen molar-refractivity contribution in [2.75, 3.05) is 0 Å². The quantitative estimate of drug-likeness (QED) is 0.807. The number of rotatable bonds is 2. The minimum Gasteiger partial charge on any atom is -0.462 e. The molecule has 6 heteroatoms. The Morgan fingerprint density at radius 3 is 2.67 bits per heavy atom. The van der Waals surface area contributed by atoms with Crippen LogP contribution in [0, 0.1) is 12.7 Å². The van der Waals surface area contributed by atoms with Crippen LogP contribution in [0.15, 0.2) is 35.5 Å². The van der Waals surface area contributed by atoms with Crippen LogP contribution in [-0.4, -0.2) is 16.4 Å². The summed E-state index contributed by atoms with van der Waals surface area (Å²) in [7, 11) is 0. The zero-order valence-electron chi connectivity index (χ0n) is 13.0. The normalized spacial score (nSPS) is 18.0. The summed E-state index contributed by atoms with van der Waals surface area (Å²) in [5, 5.41) is 0. The van der Waals surface area contributed by atoms with Gasteiger partial charge in [0.1, 0.15) is 5.69 Å². The van der Waals surface area contributed by atoms with E-state index in [2.05, 4.69) is 9.98 Å². The topological polar surface area (TPSA) is 34.5 Å². The van der Waals surface area contributed by atoms with Gasteiger partial charge in [0, 0.05) is 30.2 Å². The lowest BCUT2D eigenvalue weighted by Gasteiger charge is -2.42. The molecule has 1 aromatic carbocycles. The van der Waals surface area contributed by atoms with Gasteiger partial charge in [0.2, 0.25) is 5.72 Å². The Hall–Kier alpha value is -2.37. The minimum absolute atomic E-state index is 0.179. The predicted molar refractivity (Wildman–Crippen MR) is 83.2 cm³/mol. The Bertz CT molecular complexity index is 844. The van der Waals surface area contributed by atoms with E-state index in [9.17, 15) is 13.2 Å². The number of alkyl halides is 2. The SMILES string of the molecule is Cc1cc(C2=NC3(CCC3)Oc3c(F)cccc32)cnc1C(F)F. The highest BCUT2D eigenvalue weighted by Crippen LogP contribution is 2.44. The van der Waals surface area contributed by atoms with Crippen LogP contribution in [0.5, 0.6) is 5.75 Å². The molecule has 0 radical (unpaired) electrons. The summed E-state index contributed by atoms with van der Waals surface area (Å²) in [6.45, 7) is 1.59. The first-order chi connectivity index (χ1) is 11.5. The Balaban J connectivity index is 1.87. The van der Waals surface area contributed by atoms with Crippen LogP contribution in [0.4, 0.5) is 13.2 Å². The summed E-state index contributed by atoms with van der Waals surface area (Å²) < 4.78 is 45.9. The van der Waals surface area contributed by atoms with Gasteiger partial charge < -0.3 is 4.74 Å². The first-order valence-corrected chi connectivity index (χ1v) is 7.82. The minimum atomic E-state index is -2.63. The highest BCUT2D eigenvalue weighted by Gasteiger charge is 2.44. The Kier molecular flexibility index (Phi) is 3.37. The molecule has 0 unspecified atom stereocenters. The van der Waals surface area contributed by atoms with Gasteiger partial charge in [0.15, 0.2) is 11.6 Å². The van der Waals surface area contributed by atoms with Crippen LogP contribution in [0.3, 0.4) is 0 Å². The van der Waals surface area contributed by atoms with E-state index in [1.807, 2.05) is 0 Å². The van der Waals surface area contributed by atoms with Gasteiger partial charge in [-0.1, -0.05) is 6.07 Å². The molecular weight excluding hydrogens is 317 g/mol. The first kappa shape index (κ1) is 15.2. The predicted octanol–water partition coefficient (Wildman–Crippen LogP) is 4.58. The van der Waals surface area contributed by atoms with E-state index in [4.69, 9.17) is 4.74 Å². The van der Waals surface area contributed by atoms with Crippen LogP contribution in [-0.2, 0) is 0 Å². The van der Waals surface area contributed by atoms with Gasteiger partial charge >= 0.3 is 0 Å². The number of hydrogen-bond donors (Lipinski definition) is 0. The second-order valence-electron chi connectivity index (χ2n) is 6.21. The number of nitrogens with zero attached hydrogens (tertiary/aromatic N) is 2. The van der Waals surface area contributed by atoms with Gasteiger partial charge in [0.25, 0.3) is 6.43 Å². The molecule has 4 rings (SSSR count). The Morgan fingerprint density at radius 2 is 2.04 bits per heavy atom. The number of benzene rings is 1. The van der Waals surface area contributed by atoms with E-state index < -0.39 is 18.0 Å². The molecule has 3 nitrogen and oxygen atoms in total. The van der Waals surface area contributed by atoms with Crippen LogP contribution < -0.4 is 4.74 Å². The monoisotopic (exact) mass is 332 g/mol. The molecule has 0 atom stereocenters. The van der Waals surface area contributed by atoms with Gasteiger partial charge in [-0.3, -0.25) is 4.98 Å². The number of hydrogen-bond acceptors (Lipinski definition) is 3. The maximum Gasteiger partial charge on any atom is 0.280 e. The molecule has 0 N–H and O–H groups in total. The first-order valence-electron chi connectivity index (χ1n) is 7.82. The summed E-state index contributed by atoms with van der Waals surface area (Å²) in [5.41, 5.74) is 1.07.